The highest BCUT2D eigenvalue weighted by molar-refractivity contribution is 6.03. The number of hydrogen-bond acceptors (Lipinski definition) is 5. The number of aryl methyl sites for hydroxylation is 3. The van der Waals surface area contributed by atoms with Gasteiger partial charge in [0.15, 0.2) is 0 Å². The average Bonchev–Trinajstić information content (AvgIpc) is 3.22. The monoisotopic (exact) mass is 387 g/mol. The summed E-state index contributed by atoms with van der Waals surface area (Å²) in [7, 11) is 1.74. The summed E-state index contributed by atoms with van der Waals surface area (Å²) in [4.78, 5) is 25.9. The number of hydrogen-bond donors (Lipinski definition) is 1. The normalized spacial score (nSPS) is 10.9. The van der Waals surface area contributed by atoms with Crippen LogP contribution in [-0.4, -0.2) is 35.2 Å². The maximum absolute atomic E-state index is 12.7. The number of imidazole rings is 1. The van der Waals surface area contributed by atoms with Crippen molar-refractivity contribution in [2.75, 3.05) is 5.32 Å². The van der Waals surface area contributed by atoms with Gasteiger partial charge in [-0.05, 0) is 26.8 Å². The first-order chi connectivity index (χ1) is 13.9. The third kappa shape index (κ3) is 3.52. The first-order valence-corrected chi connectivity index (χ1v) is 9.20. The molecule has 4 aromatic rings. The van der Waals surface area contributed by atoms with Crippen molar-refractivity contribution in [2.45, 2.75) is 20.8 Å². The number of rotatable bonds is 4. The third-order valence-electron chi connectivity index (χ3n) is 4.79. The Morgan fingerprint density at radius 3 is 2.34 bits per heavy atom. The third-order valence-corrected chi connectivity index (χ3v) is 4.79. The Balaban J connectivity index is 1.54. The van der Waals surface area contributed by atoms with Gasteiger partial charge in [-0.3, -0.25) is 14.0 Å². The summed E-state index contributed by atoms with van der Waals surface area (Å²) in [5, 5.41) is 7.26. The first-order valence-electron chi connectivity index (χ1n) is 9.20. The predicted molar refractivity (Wildman–Crippen MR) is 110 cm³/mol. The molecule has 0 spiro atoms. The molecular weight excluding hydrogens is 366 g/mol. The van der Waals surface area contributed by atoms with Gasteiger partial charge in [-0.15, -0.1) is 0 Å². The van der Waals surface area contributed by atoms with Gasteiger partial charge < -0.3 is 5.32 Å². The lowest BCUT2D eigenvalue weighted by molar-refractivity contribution is 0.101. The summed E-state index contributed by atoms with van der Waals surface area (Å²) in [6.45, 7) is 5.83. The quantitative estimate of drug-likeness (QED) is 0.580. The van der Waals surface area contributed by atoms with Crippen LogP contribution in [0.1, 0.15) is 27.7 Å². The molecule has 0 saturated heterocycles. The van der Waals surface area contributed by atoms with Crippen LogP contribution < -0.4 is 5.32 Å². The number of amides is 1. The molecule has 29 heavy (non-hydrogen) atoms. The Hall–Kier alpha value is -3.81. The van der Waals surface area contributed by atoms with Crippen molar-refractivity contribution in [2.24, 2.45) is 7.05 Å². The van der Waals surface area contributed by atoms with Gasteiger partial charge in [-0.1, -0.05) is 30.3 Å². The lowest BCUT2D eigenvalue weighted by Crippen LogP contribution is -2.16. The van der Waals surface area contributed by atoms with Crippen LogP contribution in [0.2, 0.25) is 0 Å². The fourth-order valence-electron chi connectivity index (χ4n) is 3.20. The molecule has 0 saturated carbocycles. The molecule has 3 heterocycles. The number of aromatic nitrogens is 6. The van der Waals surface area contributed by atoms with Crippen molar-refractivity contribution in [3.8, 4) is 17.2 Å². The lowest BCUT2D eigenvalue weighted by Gasteiger charge is -2.08. The molecule has 0 fully saturated rings. The number of carbonyl (C=O) groups is 1. The zero-order chi connectivity index (χ0) is 20.5. The summed E-state index contributed by atoms with van der Waals surface area (Å²) in [5.74, 6) is 1.06. The first kappa shape index (κ1) is 18.5. The molecule has 1 N–H and O–H groups in total. The molecule has 8 nitrogen and oxygen atoms in total. The minimum absolute atomic E-state index is 0.274. The van der Waals surface area contributed by atoms with E-state index in [0.717, 1.165) is 28.5 Å². The smallest absolute Gasteiger partial charge is 0.274 e. The van der Waals surface area contributed by atoms with Crippen molar-refractivity contribution in [1.82, 2.24) is 29.3 Å². The second-order valence-electron chi connectivity index (χ2n) is 6.80. The van der Waals surface area contributed by atoms with Gasteiger partial charge in [0.2, 0.25) is 5.95 Å². The summed E-state index contributed by atoms with van der Waals surface area (Å²) < 4.78 is 3.45. The van der Waals surface area contributed by atoms with Crippen LogP contribution in [0.25, 0.3) is 17.2 Å². The van der Waals surface area contributed by atoms with Gasteiger partial charge >= 0.3 is 0 Å². The van der Waals surface area contributed by atoms with Crippen LogP contribution in [0.4, 0.5) is 5.69 Å². The summed E-state index contributed by atoms with van der Waals surface area (Å²) in [5.41, 5.74) is 4.58. The van der Waals surface area contributed by atoms with Crippen molar-refractivity contribution < 1.29 is 4.79 Å². The Labute approximate surface area is 168 Å². The molecule has 0 radical (unpaired) electrons. The fraction of sp³-hybridized carbons (Fsp3) is 0.190. The van der Waals surface area contributed by atoms with Gasteiger partial charge in [0.25, 0.3) is 5.91 Å². The maximum atomic E-state index is 12.7. The van der Waals surface area contributed by atoms with E-state index >= 15 is 0 Å². The van der Waals surface area contributed by atoms with Crippen LogP contribution in [-0.2, 0) is 7.05 Å². The number of nitrogens with one attached hydrogen (secondary N) is 1. The molecule has 0 bridgehead atoms. The summed E-state index contributed by atoms with van der Waals surface area (Å²) in [6.07, 6.45) is 3.17. The zero-order valence-electron chi connectivity index (χ0n) is 16.7. The summed E-state index contributed by atoms with van der Waals surface area (Å²) >= 11 is 0. The topological polar surface area (TPSA) is 90.5 Å². The zero-order valence-corrected chi connectivity index (χ0v) is 16.7. The standard InChI is InChI=1S/C21H21N7O/c1-13-14(2)28(15(3)24-13)21-22-11-17(12-23-21)25-20(29)19-10-18(26-27(19)4)16-8-6-5-7-9-16/h5-12H,1-4H3,(H,25,29). The van der Waals surface area contributed by atoms with E-state index in [1.807, 2.05) is 55.7 Å². The van der Waals surface area contributed by atoms with Gasteiger partial charge in [-0.2, -0.15) is 5.10 Å². The Kier molecular flexibility index (Phi) is 4.67. The van der Waals surface area contributed by atoms with Crippen LogP contribution >= 0.6 is 0 Å². The molecule has 0 aliphatic carbocycles. The molecule has 0 aliphatic rings. The van der Waals surface area contributed by atoms with E-state index in [1.54, 1.807) is 30.2 Å². The van der Waals surface area contributed by atoms with Gasteiger partial charge in [-0.25, -0.2) is 15.0 Å². The van der Waals surface area contributed by atoms with E-state index in [-0.39, 0.29) is 5.91 Å². The molecule has 3 aromatic heterocycles. The van der Waals surface area contributed by atoms with E-state index in [2.05, 4.69) is 25.4 Å². The van der Waals surface area contributed by atoms with Gasteiger partial charge in [0.05, 0.1) is 29.5 Å². The Morgan fingerprint density at radius 2 is 1.72 bits per heavy atom. The van der Waals surface area contributed by atoms with Crippen molar-refractivity contribution in [1.29, 1.82) is 0 Å². The molecule has 0 atom stereocenters. The Bertz CT molecular complexity index is 1170. The minimum atomic E-state index is -0.274. The second-order valence-corrected chi connectivity index (χ2v) is 6.80. The van der Waals surface area contributed by atoms with E-state index < -0.39 is 0 Å². The highest BCUT2D eigenvalue weighted by Crippen LogP contribution is 2.19. The molecule has 146 valence electrons. The molecule has 0 unspecified atom stereocenters. The lowest BCUT2D eigenvalue weighted by atomic mass is 10.1. The largest absolute Gasteiger partial charge is 0.318 e. The van der Waals surface area contributed by atoms with Crippen molar-refractivity contribution in [3.05, 3.63) is 71.7 Å². The van der Waals surface area contributed by atoms with Crippen molar-refractivity contribution >= 4 is 11.6 Å². The Morgan fingerprint density at radius 1 is 1.03 bits per heavy atom. The molecule has 1 aromatic carbocycles. The minimum Gasteiger partial charge on any atom is -0.318 e. The molecule has 8 heteroatoms. The summed E-state index contributed by atoms with van der Waals surface area (Å²) in [6, 6.07) is 11.5. The molecule has 4 rings (SSSR count). The second kappa shape index (κ2) is 7.31. The van der Waals surface area contributed by atoms with Gasteiger partial charge in [0.1, 0.15) is 11.5 Å². The number of anilines is 1. The highest BCUT2D eigenvalue weighted by atomic mass is 16.2. The maximum Gasteiger partial charge on any atom is 0.274 e. The van der Waals surface area contributed by atoms with Crippen LogP contribution in [0.3, 0.4) is 0 Å². The highest BCUT2D eigenvalue weighted by Gasteiger charge is 2.16. The SMILES string of the molecule is Cc1nc(C)n(-c2ncc(NC(=O)c3cc(-c4ccccc4)nn3C)cn2)c1C. The predicted octanol–water partition coefficient (Wildman–Crippen LogP) is 3.24. The van der Waals surface area contributed by atoms with Gasteiger partial charge in [0, 0.05) is 18.3 Å². The van der Waals surface area contributed by atoms with Crippen molar-refractivity contribution in [3.63, 3.8) is 0 Å². The van der Waals surface area contributed by atoms with Crippen LogP contribution in [0.15, 0.2) is 48.8 Å². The van der Waals surface area contributed by atoms with E-state index in [9.17, 15) is 4.79 Å². The number of nitrogens with zero attached hydrogens (tertiary/aromatic N) is 6. The molecule has 0 aliphatic heterocycles. The average molecular weight is 387 g/mol. The molecular formula is C21H21N7O. The number of benzene rings is 1. The fourth-order valence-corrected chi connectivity index (χ4v) is 3.20. The van der Waals surface area contributed by atoms with Crippen LogP contribution in [0.5, 0.6) is 0 Å². The van der Waals surface area contributed by atoms with Crippen LogP contribution in [0, 0.1) is 20.8 Å². The number of carbonyl (C=O) groups excluding carboxylic acids is 1. The van der Waals surface area contributed by atoms with E-state index in [4.69, 9.17) is 0 Å². The molecule has 1 amide bonds. The van der Waals surface area contributed by atoms with E-state index in [0.29, 0.717) is 17.3 Å². The van der Waals surface area contributed by atoms with E-state index in [1.165, 1.54) is 0 Å².